The molecular weight excluding hydrogens is 792 g/mol. The van der Waals surface area contributed by atoms with E-state index in [4.69, 9.17) is 0 Å². The van der Waals surface area contributed by atoms with Crippen molar-refractivity contribution in [2.24, 2.45) is 11.8 Å². The van der Waals surface area contributed by atoms with E-state index in [1.54, 1.807) is 0 Å². The molecule has 0 spiro atoms. The van der Waals surface area contributed by atoms with Gasteiger partial charge in [0.25, 0.3) is 0 Å². The first-order valence-corrected chi connectivity index (χ1v) is 17.6. The molecule has 8 N–H and O–H groups in total. The van der Waals surface area contributed by atoms with Gasteiger partial charge in [0, 0.05) is 23.0 Å². The fraction of sp³-hybridized carbons (Fsp3) is 0.524. The first-order valence-electron chi connectivity index (χ1n) is 17.6. The number of phenolic OH excluding ortho intramolecular Hbond substituents is 4. The summed E-state index contributed by atoms with van der Waals surface area (Å²) in [7, 11) is 0. The SMILES string of the molecule is C=C(C)C1CCC(C)=CC1c1c(O)cc(CCCCC)cc1O.C=C(C)C1CCC(C)=CC1c1c(O)cc(CCCCC)cc1O.[NH2-].[NH2-].[Pt+2]. The first kappa shape index (κ1) is 46.2. The Labute approximate surface area is 312 Å². The molecule has 0 aromatic heterocycles. The molecule has 0 aliphatic heterocycles. The first-order chi connectivity index (χ1) is 21.9. The maximum atomic E-state index is 10.5. The molecular formula is C42H64N2O4Pt. The summed E-state index contributed by atoms with van der Waals surface area (Å²) in [5.74, 6) is 1.48. The molecule has 2 aliphatic rings. The van der Waals surface area contributed by atoms with Crippen LogP contribution < -0.4 is 0 Å². The molecule has 0 heterocycles. The number of aromatic hydroxyl groups is 4. The van der Waals surface area contributed by atoms with Crippen molar-refractivity contribution in [2.75, 3.05) is 0 Å². The van der Waals surface area contributed by atoms with E-state index in [-0.39, 0.29) is 80.0 Å². The van der Waals surface area contributed by atoms with E-state index >= 15 is 0 Å². The average Bonchev–Trinajstić information content (AvgIpc) is 2.97. The minimum absolute atomic E-state index is 0. The molecule has 6 nitrogen and oxygen atoms in total. The third-order valence-corrected chi connectivity index (χ3v) is 9.96. The van der Waals surface area contributed by atoms with Crippen molar-refractivity contribution in [3.05, 3.63) is 106 Å². The van der Waals surface area contributed by atoms with Gasteiger partial charge in [-0.15, -0.1) is 0 Å². The van der Waals surface area contributed by atoms with Crippen LogP contribution in [0.4, 0.5) is 0 Å². The third kappa shape index (κ3) is 12.8. The number of rotatable bonds is 12. The topological polar surface area (TPSA) is 148 Å². The Kier molecular flexibility index (Phi) is 20.9. The van der Waals surface area contributed by atoms with E-state index in [2.05, 4.69) is 53.0 Å². The van der Waals surface area contributed by atoms with Gasteiger partial charge in [0.1, 0.15) is 23.0 Å². The Hall–Kier alpha value is -2.79. The molecule has 2 aromatic rings. The fourth-order valence-electron chi connectivity index (χ4n) is 7.30. The number of phenols is 4. The molecule has 276 valence electrons. The Morgan fingerprint density at radius 3 is 1.18 bits per heavy atom. The van der Waals surface area contributed by atoms with Gasteiger partial charge in [0.15, 0.2) is 0 Å². The normalized spacial score (nSPS) is 19.8. The summed E-state index contributed by atoms with van der Waals surface area (Å²) < 4.78 is 0. The number of allylic oxidation sites excluding steroid dienone is 6. The van der Waals surface area contributed by atoms with E-state index < -0.39 is 0 Å². The minimum atomic E-state index is 0. The molecule has 0 amide bonds. The van der Waals surface area contributed by atoms with E-state index in [0.717, 1.165) is 73.6 Å². The smallest absolute Gasteiger partial charge is 0.693 e. The standard InChI is InChI=1S/2C21H30O2.2H2N.Pt/c2*1-5-6-7-8-16-12-19(22)21(20(23)13-16)18-11-15(4)9-10-17(18)14(2)3;;;/h2*11-13,17-18,22-23H,2,5-10H2,1,3-4H3;2*1H2;/q;;2*-1;+2. The average molecular weight is 856 g/mol. The molecule has 4 unspecified atom stereocenters. The number of hydrogen-bond donors (Lipinski definition) is 4. The molecule has 0 bridgehead atoms. The van der Waals surface area contributed by atoms with Gasteiger partial charge in [-0.2, -0.15) is 0 Å². The number of nitrogens with two attached hydrogens (primary N) is 2. The van der Waals surface area contributed by atoms with Crippen LogP contribution in [0.3, 0.4) is 0 Å². The molecule has 0 saturated heterocycles. The second kappa shape index (κ2) is 22.1. The Morgan fingerprint density at radius 1 is 0.612 bits per heavy atom. The predicted octanol–water partition coefficient (Wildman–Crippen LogP) is 13.1. The second-order valence-electron chi connectivity index (χ2n) is 14.1. The number of hydrogen-bond acceptors (Lipinski definition) is 4. The van der Waals surface area contributed by atoms with Gasteiger partial charge >= 0.3 is 21.1 Å². The molecule has 49 heavy (non-hydrogen) atoms. The van der Waals surface area contributed by atoms with Crippen LogP contribution in [0.15, 0.2) is 71.9 Å². The van der Waals surface area contributed by atoms with Crippen LogP contribution >= 0.6 is 0 Å². The van der Waals surface area contributed by atoms with Crippen LogP contribution in [0.5, 0.6) is 23.0 Å². The van der Waals surface area contributed by atoms with Crippen molar-refractivity contribution in [3.63, 3.8) is 0 Å². The molecule has 7 heteroatoms. The summed E-state index contributed by atoms with van der Waals surface area (Å²) in [5.41, 5.74) is 8.22. The van der Waals surface area contributed by atoms with Crippen LogP contribution in [0.2, 0.25) is 0 Å². The summed E-state index contributed by atoms with van der Waals surface area (Å²) in [6.07, 6.45) is 17.2. The Balaban J connectivity index is 0.000000886. The number of benzene rings is 2. The zero-order chi connectivity index (χ0) is 34.0. The van der Waals surface area contributed by atoms with Gasteiger partial charge in [0.05, 0.1) is 0 Å². The Bertz CT molecular complexity index is 1280. The molecule has 0 radical (unpaired) electrons. The van der Waals surface area contributed by atoms with Crippen molar-refractivity contribution >= 4 is 0 Å². The number of unbranched alkanes of at least 4 members (excludes halogenated alkanes) is 4. The van der Waals surface area contributed by atoms with Crippen LogP contribution in [-0.4, -0.2) is 20.4 Å². The summed E-state index contributed by atoms with van der Waals surface area (Å²) in [6, 6.07) is 7.33. The monoisotopic (exact) mass is 855 g/mol. The van der Waals surface area contributed by atoms with Gasteiger partial charge in [-0.3, -0.25) is 0 Å². The predicted molar refractivity (Wildman–Crippen MR) is 205 cm³/mol. The van der Waals surface area contributed by atoms with E-state index in [9.17, 15) is 20.4 Å². The maximum absolute atomic E-state index is 10.5. The minimum Gasteiger partial charge on any atom is -0.693 e. The van der Waals surface area contributed by atoms with Crippen LogP contribution in [0, 0.1) is 11.8 Å². The summed E-state index contributed by atoms with van der Waals surface area (Å²) in [5, 5.41) is 42.2. The summed E-state index contributed by atoms with van der Waals surface area (Å²) >= 11 is 0. The molecule has 4 atom stereocenters. The van der Waals surface area contributed by atoms with Crippen molar-refractivity contribution < 1.29 is 41.5 Å². The van der Waals surface area contributed by atoms with Crippen molar-refractivity contribution in [2.45, 2.75) is 130 Å². The quantitative estimate of drug-likeness (QED) is 0.124. The Morgan fingerprint density at radius 2 is 0.918 bits per heavy atom. The second-order valence-corrected chi connectivity index (χ2v) is 14.1. The zero-order valence-electron chi connectivity index (χ0n) is 30.9. The summed E-state index contributed by atoms with van der Waals surface area (Å²) in [6.45, 7) is 20.9. The molecule has 0 fully saturated rings. The van der Waals surface area contributed by atoms with E-state index in [1.165, 1.54) is 36.8 Å². The molecule has 2 aliphatic carbocycles. The van der Waals surface area contributed by atoms with Crippen molar-refractivity contribution in [1.82, 2.24) is 0 Å². The van der Waals surface area contributed by atoms with E-state index in [1.807, 2.05) is 38.1 Å². The number of aryl methyl sites for hydroxylation is 2. The molecule has 0 saturated carbocycles. The molecule has 2 aromatic carbocycles. The molecule has 4 rings (SSSR count). The van der Waals surface area contributed by atoms with E-state index in [0.29, 0.717) is 11.1 Å². The fourth-order valence-corrected chi connectivity index (χ4v) is 7.30. The van der Waals surface area contributed by atoms with Gasteiger partial charge in [-0.25, -0.2) is 0 Å². The third-order valence-electron chi connectivity index (χ3n) is 9.96. The van der Waals surface area contributed by atoms with Gasteiger partial charge in [-0.05, 0) is 126 Å². The van der Waals surface area contributed by atoms with Crippen LogP contribution in [0.1, 0.15) is 140 Å². The van der Waals surface area contributed by atoms with Gasteiger partial charge < -0.3 is 32.7 Å². The largest absolute Gasteiger partial charge is 2.00 e. The van der Waals surface area contributed by atoms with Crippen LogP contribution in [-0.2, 0) is 33.9 Å². The maximum Gasteiger partial charge on any atom is 2.00 e. The van der Waals surface area contributed by atoms with Crippen molar-refractivity contribution in [1.29, 1.82) is 0 Å². The van der Waals surface area contributed by atoms with Gasteiger partial charge in [0.2, 0.25) is 0 Å². The zero-order valence-corrected chi connectivity index (χ0v) is 33.2. The summed E-state index contributed by atoms with van der Waals surface area (Å²) in [4.78, 5) is 0. The van der Waals surface area contributed by atoms with Crippen LogP contribution in [0.25, 0.3) is 12.3 Å². The van der Waals surface area contributed by atoms with Gasteiger partial charge in [-0.1, -0.05) is 87.1 Å². The van der Waals surface area contributed by atoms with Crippen molar-refractivity contribution in [3.8, 4) is 23.0 Å².